The van der Waals surface area contributed by atoms with Crippen LogP contribution < -0.4 is 9.64 Å². The van der Waals surface area contributed by atoms with Gasteiger partial charge in [0.2, 0.25) is 11.8 Å². The number of nitrogens with zero attached hydrogens (tertiary/aromatic N) is 6. The lowest BCUT2D eigenvalue weighted by atomic mass is 10.1. The molecule has 168 valence electrons. The summed E-state index contributed by atoms with van der Waals surface area (Å²) in [5.41, 5.74) is 2.54. The van der Waals surface area contributed by atoms with E-state index in [0.717, 1.165) is 22.8 Å². The lowest BCUT2D eigenvalue weighted by molar-refractivity contribution is -0.132. The smallest absolute Gasteiger partial charge is 0.244 e. The highest BCUT2D eigenvalue weighted by molar-refractivity contribution is 5.76. The molecule has 1 fully saturated rings. The van der Waals surface area contributed by atoms with Crippen LogP contribution in [0.25, 0.3) is 11.3 Å². The third-order valence-electron chi connectivity index (χ3n) is 5.62. The second-order valence-electron chi connectivity index (χ2n) is 8.06. The van der Waals surface area contributed by atoms with Crippen molar-refractivity contribution in [2.75, 3.05) is 38.2 Å². The van der Waals surface area contributed by atoms with E-state index in [2.05, 4.69) is 33.8 Å². The van der Waals surface area contributed by atoms with Crippen molar-refractivity contribution in [3.05, 3.63) is 54.2 Å². The molecule has 0 unspecified atom stereocenters. The van der Waals surface area contributed by atoms with Crippen LogP contribution in [0.15, 0.2) is 42.7 Å². The van der Waals surface area contributed by atoms with Gasteiger partial charge in [0.05, 0.1) is 12.8 Å². The van der Waals surface area contributed by atoms with Gasteiger partial charge in [-0.15, -0.1) is 0 Å². The van der Waals surface area contributed by atoms with E-state index in [4.69, 9.17) is 4.74 Å². The lowest BCUT2D eigenvalue weighted by Gasteiger charge is -2.35. The van der Waals surface area contributed by atoms with Gasteiger partial charge in [0.15, 0.2) is 0 Å². The Bertz CT molecular complexity index is 1070. The standard InChI is InChI=1S/C23H27FN6O2/c1-16(2)20-12-19(17-4-6-18(24)7-5-17)27-30(20)14-23(31)29-10-8-28(9-11-29)21-13-22(32-3)26-15-25-21/h4-7,12-13,15-16H,8-11,14H2,1-3H3. The SMILES string of the molecule is COc1cc(N2CCN(C(=O)Cn3nc(-c4ccc(F)cc4)cc3C(C)C)CC2)ncn1. The van der Waals surface area contributed by atoms with Crippen LogP contribution in [-0.4, -0.2) is 63.8 Å². The molecule has 9 heteroatoms. The Morgan fingerprint density at radius 2 is 1.81 bits per heavy atom. The summed E-state index contributed by atoms with van der Waals surface area (Å²) in [4.78, 5) is 25.4. The predicted molar refractivity (Wildman–Crippen MR) is 119 cm³/mol. The Hall–Kier alpha value is -3.49. The Kier molecular flexibility index (Phi) is 6.34. The summed E-state index contributed by atoms with van der Waals surface area (Å²) in [5.74, 6) is 1.26. The zero-order valence-electron chi connectivity index (χ0n) is 18.5. The maximum absolute atomic E-state index is 13.3. The molecule has 3 heterocycles. The number of anilines is 1. The number of halogens is 1. The molecule has 32 heavy (non-hydrogen) atoms. The summed E-state index contributed by atoms with van der Waals surface area (Å²) >= 11 is 0. The molecular weight excluding hydrogens is 411 g/mol. The molecule has 0 radical (unpaired) electrons. The van der Waals surface area contributed by atoms with Gasteiger partial charge in [0.1, 0.15) is 24.5 Å². The summed E-state index contributed by atoms with van der Waals surface area (Å²) < 4.78 is 20.2. The van der Waals surface area contributed by atoms with Crippen LogP contribution in [0.4, 0.5) is 10.2 Å². The third kappa shape index (κ3) is 4.71. The maximum Gasteiger partial charge on any atom is 0.244 e. The number of rotatable bonds is 6. The Labute approximate surface area is 186 Å². The van der Waals surface area contributed by atoms with Crippen molar-refractivity contribution in [3.63, 3.8) is 0 Å². The van der Waals surface area contributed by atoms with Crippen LogP contribution in [-0.2, 0) is 11.3 Å². The number of benzene rings is 1. The Balaban J connectivity index is 1.43. The van der Waals surface area contributed by atoms with Crippen molar-refractivity contribution in [3.8, 4) is 17.1 Å². The third-order valence-corrected chi connectivity index (χ3v) is 5.62. The molecule has 0 saturated carbocycles. The van der Waals surface area contributed by atoms with Crippen molar-refractivity contribution in [2.45, 2.75) is 26.3 Å². The number of carbonyl (C=O) groups is 1. The number of amides is 1. The molecule has 0 aliphatic carbocycles. The van der Waals surface area contributed by atoms with E-state index in [9.17, 15) is 9.18 Å². The molecule has 4 rings (SSSR count). The van der Waals surface area contributed by atoms with Crippen LogP contribution in [0.5, 0.6) is 5.88 Å². The molecule has 0 bridgehead atoms. The molecule has 0 spiro atoms. The van der Waals surface area contributed by atoms with E-state index in [1.54, 1.807) is 30.0 Å². The monoisotopic (exact) mass is 438 g/mol. The zero-order chi connectivity index (χ0) is 22.7. The number of methoxy groups -OCH3 is 1. The van der Waals surface area contributed by atoms with E-state index in [1.165, 1.54) is 18.5 Å². The molecule has 2 aromatic heterocycles. The molecular formula is C23H27FN6O2. The second-order valence-corrected chi connectivity index (χ2v) is 8.06. The van der Waals surface area contributed by atoms with Gasteiger partial charge in [-0.1, -0.05) is 13.8 Å². The van der Waals surface area contributed by atoms with E-state index >= 15 is 0 Å². The minimum absolute atomic E-state index is 0.0283. The fraction of sp³-hybridized carbons (Fsp3) is 0.391. The molecule has 1 aromatic carbocycles. The largest absolute Gasteiger partial charge is 0.481 e. The van der Waals surface area contributed by atoms with Gasteiger partial charge in [-0.05, 0) is 36.2 Å². The molecule has 1 saturated heterocycles. The van der Waals surface area contributed by atoms with Crippen LogP contribution >= 0.6 is 0 Å². The molecule has 1 aliphatic rings. The minimum Gasteiger partial charge on any atom is -0.481 e. The van der Waals surface area contributed by atoms with Crippen molar-refractivity contribution < 1.29 is 13.9 Å². The number of hydrogen-bond donors (Lipinski definition) is 0. The molecule has 0 N–H and O–H groups in total. The summed E-state index contributed by atoms with van der Waals surface area (Å²) in [6, 6.07) is 10.0. The zero-order valence-corrected chi connectivity index (χ0v) is 18.5. The minimum atomic E-state index is -0.285. The van der Waals surface area contributed by atoms with Crippen molar-refractivity contribution in [2.24, 2.45) is 0 Å². The molecule has 3 aromatic rings. The van der Waals surface area contributed by atoms with Crippen LogP contribution in [0.1, 0.15) is 25.5 Å². The fourth-order valence-corrected chi connectivity index (χ4v) is 3.81. The normalized spacial score (nSPS) is 14.2. The highest BCUT2D eigenvalue weighted by Crippen LogP contribution is 2.24. The van der Waals surface area contributed by atoms with Crippen LogP contribution in [0.2, 0.25) is 0 Å². The predicted octanol–water partition coefficient (Wildman–Crippen LogP) is 2.96. The van der Waals surface area contributed by atoms with Gasteiger partial charge < -0.3 is 14.5 Å². The van der Waals surface area contributed by atoms with E-state index < -0.39 is 0 Å². The van der Waals surface area contributed by atoms with Gasteiger partial charge >= 0.3 is 0 Å². The quantitative estimate of drug-likeness (QED) is 0.589. The maximum atomic E-state index is 13.3. The molecule has 0 atom stereocenters. The number of carbonyl (C=O) groups excluding carboxylic acids is 1. The molecule has 8 nitrogen and oxygen atoms in total. The number of piperazine rings is 1. The summed E-state index contributed by atoms with van der Waals surface area (Å²) in [7, 11) is 1.57. The highest BCUT2D eigenvalue weighted by Gasteiger charge is 2.24. The highest BCUT2D eigenvalue weighted by atomic mass is 19.1. The number of aromatic nitrogens is 4. The first-order chi connectivity index (χ1) is 15.4. The summed E-state index contributed by atoms with van der Waals surface area (Å²) in [6.45, 7) is 6.90. The summed E-state index contributed by atoms with van der Waals surface area (Å²) in [5, 5.41) is 4.65. The van der Waals surface area contributed by atoms with E-state index in [1.807, 2.05) is 11.0 Å². The van der Waals surface area contributed by atoms with Crippen LogP contribution in [0, 0.1) is 5.82 Å². The second kappa shape index (κ2) is 9.33. The van der Waals surface area contributed by atoms with Gasteiger partial charge in [0, 0.05) is 43.5 Å². The van der Waals surface area contributed by atoms with Crippen molar-refractivity contribution in [1.82, 2.24) is 24.6 Å². The number of hydrogen-bond acceptors (Lipinski definition) is 6. The average Bonchev–Trinajstić information content (AvgIpc) is 3.23. The Morgan fingerprint density at radius 1 is 1.09 bits per heavy atom. The number of ether oxygens (including phenoxy) is 1. The van der Waals surface area contributed by atoms with Gasteiger partial charge in [-0.25, -0.2) is 14.4 Å². The Morgan fingerprint density at radius 3 is 2.47 bits per heavy atom. The molecule has 1 aliphatic heterocycles. The first-order valence-electron chi connectivity index (χ1n) is 10.7. The first-order valence-corrected chi connectivity index (χ1v) is 10.7. The van der Waals surface area contributed by atoms with E-state index in [-0.39, 0.29) is 24.2 Å². The topological polar surface area (TPSA) is 76.4 Å². The lowest BCUT2D eigenvalue weighted by Crippen LogP contribution is -2.50. The van der Waals surface area contributed by atoms with Gasteiger partial charge in [-0.3, -0.25) is 9.48 Å². The first kappa shape index (κ1) is 21.7. The van der Waals surface area contributed by atoms with Crippen molar-refractivity contribution >= 4 is 11.7 Å². The fourth-order valence-electron chi connectivity index (χ4n) is 3.81. The summed E-state index contributed by atoms with van der Waals surface area (Å²) in [6.07, 6.45) is 1.48. The van der Waals surface area contributed by atoms with Gasteiger partial charge in [-0.2, -0.15) is 5.10 Å². The average molecular weight is 439 g/mol. The van der Waals surface area contributed by atoms with Crippen LogP contribution in [0.3, 0.4) is 0 Å². The van der Waals surface area contributed by atoms with Crippen molar-refractivity contribution in [1.29, 1.82) is 0 Å². The molecule has 1 amide bonds. The van der Waals surface area contributed by atoms with E-state index in [0.29, 0.717) is 32.1 Å². The van der Waals surface area contributed by atoms with Gasteiger partial charge in [0.25, 0.3) is 0 Å².